The van der Waals surface area contributed by atoms with E-state index in [9.17, 15) is 0 Å². The van der Waals surface area contributed by atoms with E-state index in [2.05, 4.69) is 56.0 Å². The molecule has 18 heavy (non-hydrogen) atoms. The van der Waals surface area contributed by atoms with E-state index in [0.717, 1.165) is 12.0 Å². The molecule has 0 amide bonds. The van der Waals surface area contributed by atoms with Gasteiger partial charge in [0.2, 0.25) is 0 Å². The first-order chi connectivity index (χ1) is 8.74. The van der Waals surface area contributed by atoms with Crippen molar-refractivity contribution in [3.8, 4) is 0 Å². The van der Waals surface area contributed by atoms with E-state index >= 15 is 0 Å². The number of likely N-dealkylation sites (tertiary alicyclic amines) is 1. The van der Waals surface area contributed by atoms with Crippen LogP contribution in [0, 0.1) is 5.92 Å². The molecule has 0 spiro atoms. The van der Waals surface area contributed by atoms with Gasteiger partial charge in [-0.1, -0.05) is 57.0 Å². The largest absolute Gasteiger partial charge is 0.293 e. The lowest BCUT2D eigenvalue weighted by Gasteiger charge is -2.43. The van der Waals surface area contributed by atoms with Gasteiger partial charge in [0.1, 0.15) is 0 Å². The second-order valence-electron chi connectivity index (χ2n) is 5.77. The standard InChI is InChI=1S/C17H27N/c1-4-14(2)17-12-8-9-13-18(17)15(3)16-10-6-5-7-11-16/h5-7,10-11,14-15,17H,4,8-9,12-13H2,1-3H3/t14-,15+,17-/m0/s1. The predicted molar refractivity (Wildman–Crippen MR) is 78.7 cm³/mol. The van der Waals surface area contributed by atoms with Crippen LogP contribution in [0.1, 0.15) is 58.1 Å². The molecule has 0 aromatic heterocycles. The Morgan fingerprint density at radius 2 is 1.89 bits per heavy atom. The van der Waals surface area contributed by atoms with Gasteiger partial charge in [-0.25, -0.2) is 0 Å². The van der Waals surface area contributed by atoms with Gasteiger partial charge < -0.3 is 0 Å². The third-order valence-electron chi connectivity index (χ3n) is 4.67. The van der Waals surface area contributed by atoms with Crippen molar-refractivity contribution in [2.45, 2.75) is 58.5 Å². The lowest BCUT2D eigenvalue weighted by molar-refractivity contribution is 0.0665. The molecule has 1 saturated heterocycles. The molecule has 1 aromatic carbocycles. The monoisotopic (exact) mass is 245 g/mol. The highest BCUT2D eigenvalue weighted by Crippen LogP contribution is 2.32. The van der Waals surface area contributed by atoms with Crippen LogP contribution in [0.3, 0.4) is 0 Å². The van der Waals surface area contributed by atoms with Crippen LogP contribution < -0.4 is 0 Å². The molecule has 3 atom stereocenters. The summed E-state index contributed by atoms with van der Waals surface area (Å²) in [6.07, 6.45) is 5.45. The molecule has 1 fully saturated rings. The average Bonchev–Trinajstić information content (AvgIpc) is 2.46. The third kappa shape index (κ3) is 2.95. The minimum Gasteiger partial charge on any atom is -0.293 e. The predicted octanol–water partition coefficient (Wildman–Crippen LogP) is 4.65. The smallest absolute Gasteiger partial charge is 0.0322 e. The van der Waals surface area contributed by atoms with Crippen molar-refractivity contribution in [1.29, 1.82) is 0 Å². The first-order valence-corrected chi connectivity index (χ1v) is 7.54. The Labute approximate surface area is 112 Å². The summed E-state index contributed by atoms with van der Waals surface area (Å²) < 4.78 is 0. The Morgan fingerprint density at radius 3 is 2.56 bits per heavy atom. The van der Waals surface area contributed by atoms with Crippen LogP contribution in [0.4, 0.5) is 0 Å². The zero-order valence-corrected chi connectivity index (χ0v) is 12.1. The number of hydrogen-bond acceptors (Lipinski definition) is 1. The summed E-state index contributed by atoms with van der Waals surface area (Å²) in [4.78, 5) is 2.74. The first-order valence-electron chi connectivity index (χ1n) is 7.54. The second kappa shape index (κ2) is 6.38. The van der Waals surface area contributed by atoms with Gasteiger partial charge in [0.05, 0.1) is 0 Å². The van der Waals surface area contributed by atoms with E-state index in [1.807, 2.05) is 0 Å². The summed E-state index contributed by atoms with van der Waals surface area (Å²) in [7, 11) is 0. The fraction of sp³-hybridized carbons (Fsp3) is 0.647. The molecular weight excluding hydrogens is 218 g/mol. The summed E-state index contributed by atoms with van der Waals surface area (Å²) in [6, 6.07) is 12.3. The molecule has 2 rings (SSSR count). The average molecular weight is 245 g/mol. The van der Waals surface area contributed by atoms with Crippen LogP contribution in [0.15, 0.2) is 30.3 Å². The summed E-state index contributed by atoms with van der Waals surface area (Å²) in [5.74, 6) is 0.816. The van der Waals surface area contributed by atoms with Gasteiger partial charge in [-0.05, 0) is 37.8 Å². The SMILES string of the molecule is CC[C@H](C)[C@@H]1CCCCN1[C@H](C)c1ccccc1. The van der Waals surface area contributed by atoms with Crippen LogP contribution in [-0.4, -0.2) is 17.5 Å². The topological polar surface area (TPSA) is 3.24 Å². The van der Waals surface area contributed by atoms with E-state index in [-0.39, 0.29) is 0 Å². The molecule has 0 saturated carbocycles. The number of nitrogens with zero attached hydrogens (tertiary/aromatic N) is 1. The van der Waals surface area contributed by atoms with Crippen molar-refractivity contribution in [2.75, 3.05) is 6.54 Å². The van der Waals surface area contributed by atoms with Gasteiger partial charge >= 0.3 is 0 Å². The molecule has 1 heterocycles. The van der Waals surface area contributed by atoms with E-state index in [4.69, 9.17) is 0 Å². The minimum atomic E-state index is 0.561. The molecule has 1 aromatic rings. The zero-order valence-electron chi connectivity index (χ0n) is 12.1. The fourth-order valence-corrected chi connectivity index (χ4v) is 3.27. The first kappa shape index (κ1) is 13.6. The third-order valence-corrected chi connectivity index (χ3v) is 4.67. The molecule has 0 unspecified atom stereocenters. The maximum Gasteiger partial charge on any atom is 0.0322 e. The van der Waals surface area contributed by atoms with Gasteiger partial charge in [-0.15, -0.1) is 0 Å². The van der Waals surface area contributed by atoms with E-state index in [1.165, 1.54) is 37.8 Å². The summed E-state index contributed by atoms with van der Waals surface area (Å²) in [5, 5.41) is 0. The van der Waals surface area contributed by atoms with Gasteiger partial charge in [0, 0.05) is 12.1 Å². The lowest BCUT2D eigenvalue weighted by atomic mass is 9.88. The molecular formula is C17H27N. The zero-order chi connectivity index (χ0) is 13.0. The molecule has 0 bridgehead atoms. The molecule has 1 aliphatic heterocycles. The van der Waals surface area contributed by atoms with E-state index in [0.29, 0.717) is 6.04 Å². The van der Waals surface area contributed by atoms with Crippen molar-refractivity contribution in [3.05, 3.63) is 35.9 Å². The molecule has 100 valence electrons. The molecule has 0 radical (unpaired) electrons. The molecule has 0 N–H and O–H groups in total. The van der Waals surface area contributed by atoms with Crippen molar-refractivity contribution < 1.29 is 0 Å². The van der Waals surface area contributed by atoms with E-state index < -0.39 is 0 Å². The van der Waals surface area contributed by atoms with Crippen molar-refractivity contribution >= 4 is 0 Å². The Morgan fingerprint density at radius 1 is 1.17 bits per heavy atom. The van der Waals surface area contributed by atoms with Gasteiger partial charge in [-0.2, -0.15) is 0 Å². The summed E-state index contributed by atoms with van der Waals surface area (Å²) in [5.41, 5.74) is 1.47. The highest BCUT2D eigenvalue weighted by Gasteiger charge is 2.30. The lowest BCUT2D eigenvalue weighted by Crippen LogP contribution is -2.44. The maximum atomic E-state index is 2.74. The Kier molecular flexibility index (Phi) is 4.82. The molecule has 1 aliphatic rings. The molecule has 1 heteroatoms. The van der Waals surface area contributed by atoms with Crippen LogP contribution in [0.25, 0.3) is 0 Å². The van der Waals surface area contributed by atoms with Crippen molar-refractivity contribution in [3.63, 3.8) is 0 Å². The van der Waals surface area contributed by atoms with E-state index in [1.54, 1.807) is 0 Å². The van der Waals surface area contributed by atoms with Crippen LogP contribution in [0.2, 0.25) is 0 Å². The quantitative estimate of drug-likeness (QED) is 0.746. The van der Waals surface area contributed by atoms with Crippen LogP contribution in [0.5, 0.6) is 0 Å². The summed E-state index contributed by atoms with van der Waals surface area (Å²) in [6.45, 7) is 8.38. The maximum absolute atomic E-state index is 2.74. The normalized spacial score (nSPS) is 24.7. The molecule has 0 aliphatic carbocycles. The highest BCUT2D eigenvalue weighted by molar-refractivity contribution is 5.18. The van der Waals surface area contributed by atoms with Crippen molar-refractivity contribution in [1.82, 2.24) is 4.90 Å². The Hall–Kier alpha value is -0.820. The Balaban J connectivity index is 2.13. The fourth-order valence-electron chi connectivity index (χ4n) is 3.27. The Bertz CT molecular complexity index is 346. The second-order valence-corrected chi connectivity index (χ2v) is 5.77. The minimum absolute atomic E-state index is 0.561. The van der Waals surface area contributed by atoms with Gasteiger partial charge in [0.25, 0.3) is 0 Å². The van der Waals surface area contributed by atoms with Crippen LogP contribution in [-0.2, 0) is 0 Å². The number of hydrogen-bond donors (Lipinski definition) is 0. The van der Waals surface area contributed by atoms with Crippen molar-refractivity contribution in [2.24, 2.45) is 5.92 Å². The van der Waals surface area contributed by atoms with Gasteiger partial charge in [0.15, 0.2) is 0 Å². The van der Waals surface area contributed by atoms with Crippen LogP contribution >= 0.6 is 0 Å². The highest BCUT2D eigenvalue weighted by atomic mass is 15.2. The summed E-state index contributed by atoms with van der Waals surface area (Å²) >= 11 is 0. The number of piperidine rings is 1. The van der Waals surface area contributed by atoms with Gasteiger partial charge in [-0.3, -0.25) is 4.90 Å². The molecule has 1 nitrogen and oxygen atoms in total. The number of rotatable bonds is 4. The number of benzene rings is 1.